The Labute approximate surface area is 135 Å². The highest BCUT2D eigenvalue weighted by Crippen LogP contribution is 2.23. The molecule has 6 heteroatoms. The molecule has 1 aliphatic heterocycles. The molecule has 0 spiro atoms. The van der Waals surface area contributed by atoms with Crippen molar-refractivity contribution in [3.63, 3.8) is 0 Å². The van der Waals surface area contributed by atoms with Gasteiger partial charge in [-0.2, -0.15) is 0 Å². The maximum Gasteiger partial charge on any atom is 0.226 e. The predicted molar refractivity (Wildman–Crippen MR) is 89.3 cm³/mol. The molecule has 0 N–H and O–H groups in total. The number of amides is 1. The lowest BCUT2D eigenvalue weighted by Crippen LogP contribution is -2.38. The fraction of sp³-hybridized carbons (Fsp3) is 0.800. The second-order valence-electron chi connectivity index (χ2n) is 5.76. The average molecular weight is 332 g/mol. The Hall–Kier alpha value is -0.490. The summed E-state index contributed by atoms with van der Waals surface area (Å²) in [6, 6.07) is 0.326. The minimum absolute atomic E-state index is 0.0335. The Kier molecular flexibility index (Phi) is 7.81. The predicted octanol–water partition coefficient (Wildman–Crippen LogP) is 2.81. The number of likely N-dealkylation sites (tertiary alicyclic amines) is 1. The summed E-state index contributed by atoms with van der Waals surface area (Å²) in [5.74, 6) is 0.915. The van der Waals surface area contributed by atoms with Crippen molar-refractivity contribution < 1.29 is 14.4 Å². The summed E-state index contributed by atoms with van der Waals surface area (Å²) in [7, 11) is 0. The SMILES string of the molecule is CC(=O)SC[C@@H](C)C(=O)SC[C@@H](C)C(=O)N1CCC[C@H]1C. The zero-order valence-electron chi connectivity index (χ0n) is 13.3. The van der Waals surface area contributed by atoms with Crippen LogP contribution in [0.2, 0.25) is 0 Å². The summed E-state index contributed by atoms with van der Waals surface area (Å²) in [5, 5.41) is 0.101. The van der Waals surface area contributed by atoms with E-state index in [1.807, 2.05) is 18.7 Å². The highest BCUT2D eigenvalue weighted by atomic mass is 32.2. The third kappa shape index (κ3) is 6.02. The molecule has 0 aromatic rings. The van der Waals surface area contributed by atoms with Crippen molar-refractivity contribution in [3.8, 4) is 0 Å². The van der Waals surface area contributed by atoms with Crippen LogP contribution >= 0.6 is 23.5 Å². The first-order valence-electron chi connectivity index (χ1n) is 7.43. The van der Waals surface area contributed by atoms with Crippen molar-refractivity contribution in [2.75, 3.05) is 18.1 Å². The molecule has 1 aliphatic rings. The van der Waals surface area contributed by atoms with E-state index in [4.69, 9.17) is 0 Å². The number of thioether (sulfide) groups is 2. The Morgan fingerprint density at radius 3 is 2.29 bits per heavy atom. The third-order valence-electron chi connectivity index (χ3n) is 3.67. The molecule has 1 rings (SSSR count). The second kappa shape index (κ2) is 8.83. The topological polar surface area (TPSA) is 54.5 Å². The molecule has 1 saturated heterocycles. The maximum absolute atomic E-state index is 12.3. The van der Waals surface area contributed by atoms with E-state index in [0.717, 1.165) is 19.4 Å². The number of nitrogens with zero attached hydrogens (tertiary/aromatic N) is 1. The highest BCUT2D eigenvalue weighted by Gasteiger charge is 2.29. The van der Waals surface area contributed by atoms with Crippen LogP contribution in [0.15, 0.2) is 0 Å². The van der Waals surface area contributed by atoms with E-state index in [1.54, 1.807) is 0 Å². The number of carbonyl (C=O) groups excluding carboxylic acids is 3. The second-order valence-corrected chi connectivity index (χ2v) is 7.98. The molecule has 0 aliphatic carbocycles. The summed E-state index contributed by atoms with van der Waals surface area (Å²) >= 11 is 2.40. The molecule has 1 heterocycles. The molecule has 0 saturated carbocycles. The van der Waals surface area contributed by atoms with Gasteiger partial charge in [0.25, 0.3) is 0 Å². The van der Waals surface area contributed by atoms with Gasteiger partial charge in [0, 0.05) is 42.9 Å². The number of rotatable bonds is 6. The lowest BCUT2D eigenvalue weighted by molar-refractivity contribution is -0.134. The van der Waals surface area contributed by atoms with Gasteiger partial charge in [-0.25, -0.2) is 0 Å². The summed E-state index contributed by atoms with van der Waals surface area (Å²) in [6.07, 6.45) is 2.15. The fourth-order valence-corrected chi connectivity index (χ4v) is 3.94. The Morgan fingerprint density at radius 1 is 1.14 bits per heavy atom. The number of hydrogen-bond donors (Lipinski definition) is 0. The van der Waals surface area contributed by atoms with E-state index >= 15 is 0 Å². The van der Waals surface area contributed by atoms with Crippen molar-refractivity contribution in [1.82, 2.24) is 4.90 Å². The quantitative estimate of drug-likeness (QED) is 0.749. The van der Waals surface area contributed by atoms with E-state index in [-0.39, 0.29) is 28.0 Å². The zero-order valence-corrected chi connectivity index (χ0v) is 14.9. The van der Waals surface area contributed by atoms with E-state index in [2.05, 4.69) is 6.92 Å². The first-order chi connectivity index (χ1) is 9.82. The highest BCUT2D eigenvalue weighted by molar-refractivity contribution is 8.14. The smallest absolute Gasteiger partial charge is 0.226 e. The minimum Gasteiger partial charge on any atom is -0.340 e. The molecule has 0 aromatic heterocycles. The monoisotopic (exact) mass is 331 g/mol. The lowest BCUT2D eigenvalue weighted by atomic mass is 10.1. The molecule has 3 atom stereocenters. The van der Waals surface area contributed by atoms with Crippen LogP contribution < -0.4 is 0 Å². The van der Waals surface area contributed by atoms with Gasteiger partial charge in [0.2, 0.25) is 5.91 Å². The van der Waals surface area contributed by atoms with Gasteiger partial charge < -0.3 is 4.90 Å². The van der Waals surface area contributed by atoms with Crippen LogP contribution in [-0.2, 0) is 14.4 Å². The van der Waals surface area contributed by atoms with Crippen molar-refractivity contribution in [2.24, 2.45) is 11.8 Å². The Balaban J connectivity index is 2.34. The van der Waals surface area contributed by atoms with E-state index in [0.29, 0.717) is 17.5 Å². The van der Waals surface area contributed by atoms with Crippen molar-refractivity contribution in [3.05, 3.63) is 0 Å². The van der Waals surface area contributed by atoms with Gasteiger partial charge in [-0.3, -0.25) is 14.4 Å². The van der Waals surface area contributed by atoms with Crippen molar-refractivity contribution in [1.29, 1.82) is 0 Å². The molecule has 0 unspecified atom stereocenters. The standard InChI is InChI=1S/C15H25NO3S2/c1-10(14(18)16-7-5-6-12(16)3)8-21-15(19)11(2)9-20-13(4)17/h10-12H,5-9H2,1-4H3/t10-,11-,12-/m1/s1. The van der Waals surface area contributed by atoms with Crippen LogP contribution in [0.4, 0.5) is 0 Å². The van der Waals surface area contributed by atoms with Crippen LogP contribution in [0.25, 0.3) is 0 Å². The van der Waals surface area contributed by atoms with Crippen LogP contribution in [0.3, 0.4) is 0 Å². The molecule has 1 amide bonds. The molecule has 0 bridgehead atoms. The third-order valence-corrected chi connectivity index (χ3v) is 6.10. The number of hydrogen-bond acceptors (Lipinski definition) is 5. The van der Waals surface area contributed by atoms with Gasteiger partial charge in [-0.15, -0.1) is 0 Å². The summed E-state index contributed by atoms with van der Waals surface area (Å²) < 4.78 is 0. The van der Waals surface area contributed by atoms with E-state index in [1.165, 1.54) is 30.4 Å². The van der Waals surface area contributed by atoms with Crippen molar-refractivity contribution >= 4 is 39.7 Å². The molecular formula is C15H25NO3S2. The molecular weight excluding hydrogens is 306 g/mol. The van der Waals surface area contributed by atoms with Gasteiger partial charge in [-0.05, 0) is 19.8 Å². The summed E-state index contributed by atoms with van der Waals surface area (Å²) in [6.45, 7) is 8.15. The molecule has 0 aromatic carbocycles. The van der Waals surface area contributed by atoms with Crippen molar-refractivity contribution in [2.45, 2.75) is 46.6 Å². The summed E-state index contributed by atoms with van der Waals surface area (Å²) in [5.41, 5.74) is 0. The van der Waals surface area contributed by atoms with Gasteiger partial charge in [-0.1, -0.05) is 37.4 Å². The molecule has 4 nitrogen and oxygen atoms in total. The summed E-state index contributed by atoms with van der Waals surface area (Å²) in [4.78, 5) is 37.1. The Morgan fingerprint density at radius 2 is 1.76 bits per heavy atom. The van der Waals surface area contributed by atoms with Gasteiger partial charge in [0.05, 0.1) is 0 Å². The molecule has 0 radical (unpaired) electrons. The average Bonchev–Trinajstić information content (AvgIpc) is 2.86. The van der Waals surface area contributed by atoms with E-state index in [9.17, 15) is 14.4 Å². The lowest BCUT2D eigenvalue weighted by Gasteiger charge is -2.25. The van der Waals surface area contributed by atoms with Crippen LogP contribution in [0.1, 0.15) is 40.5 Å². The number of carbonyl (C=O) groups is 3. The zero-order chi connectivity index (χ0) is 16.0. The fourth-order valence-electron chi connectivity index (χ4n) is 2.27. The first kappa shape index (κ1) is 18.6. The van der Waals surface area contributed by atoms with Gasteiger partial charge in [0.1, 0.15) is 0 Å². The normalized spacial score (nSPS) is 21.1. The van der Waals surface area contributed by atoms with Gasteiger partial charge >= 0.3 is 0 Å². The molecule has 21 heavy (non-hydrogen) atoms. The molecule has 120 valence electrons. The van der Waals surface area contributed by atoms with Crippen LogP contribution in [0.5, 0.6) is 0 Å². The van der Waals surface area contributed by atoms with Crippen LogP contribution in [-0.4, -0.2) is 45.1 Å². The molecule has 1 fully saturated rings. The van der Waals surface area contributed by atoms with Crippen LogP contribution in [0, 0.1) is 11.8 Å². The first-order valence-corrected chi connectivity index (χ1v) is 9.40. The largest absolute Gasteiger partial charge is 0.340 e. The van der Waals surface area contributed by atoms with Gasteiger partial charge in [0.15, 0.2) is 10.2 Å². The minimum atomic E-state index is -0.156. The maximum atomic E-state index is 12.3. The van der Waals surface area contributed by atoms with E-state index < -0.39 is 0 Å². The Bertz CT molecular complexity index is 400.